The Bertz CT molecular complexity index is 1320. The third-order valence-corrected chi connectivity index (χ3v) is 7.61. The van der Waals surface area contributed by atoms with Gasteiger partial charge in [-0.3, -0.25) is 9.47 Å². The molecule has 2 unspecified atom stereocenters. The molecular weight excluding hydrogens is 515 g/mol. The summed E-state index contributed by atoms with van der Waals surface area (Å²) in [6.07, 6.45) is -2.74. The molecular formula is C27H34F3N5O2S. The van der Waals surface area contributed by atoms with Gasteiger partial charge in [-0.15, -0.1) is 0 Å². The number of ether oxygens (including phenoxy) is 1. The molecule has 4 rings (SSSR count). The summed E-state index contributed by atoms with van der Waals surface area (Å²) in [5.41, 5.74) is 1.10. The molecule has 3 aromatic rings. The highest BCUT2D eigenvalue weighted by molar-refractivity contribution is 7.80. The second-order valence-electron chi connectivity index (χ2n) is 9.64. The molecule has 0 radical (unpaired) electrons. The number of hydrogen-bond donors (Lipinski definition) is 1. The van der Waals surface area contributed by atoms with E-state index in [0.717, 1.165) is 30.5 Å². The number of anilines is 1. The van der Waals surface area contributed by atoms with Crippen molar-refractivity contribution in [2.24, 2.45) is 7.05 Å². The van der Waals surface area contributed by atoms with Crippen LogP contribution in [0, 0.1) is 0 Å². The van der Waals surface area contributed by atoms with Gasteiger partial charge in [0.25, 0.3) is 0 Å². The van der Waals surface area contributed by atoms with Gasteiger partial charge in [0.1, 0.15) is 5.52 Å². The molecule has 11 heteroatoms. The number of aryl methyl sites for hydroxylation is 1. The molecule has 1 fully saturated rings. The molecule has 1 saturated heterocycles. The summed E-state index contributed by atoms with van der Waals surface area (Å²) in [5, 5.41) is 0. The highest BCUT2D eigenvalue weighted by Crippen LogP contribution is 2.35. The number of pyridine rings is 1. The van der Waals surface area contributed by atoms with Gasteiger partial charge in [0, 0.05) is 50.1 Å². The van der Waals surface area contributed by atoms with Crippen LogP contribution in [0.3, 0.4) is 0 Å². The van der Waals surface area contributed by atoms with E-state index >= 15 is 0 Å². The molecule has 3 heterocycles. The van der Waals surface area contributed by atoms with Gasteiger partial charge < -0.3 is 9.64 Å². The molecule has 1 aliphatic rings. The molecule has 2 aromatic heterocycles. The van der Waals surface area contributed by atoms with Crippen LogP contribution in [-0.2, 0) is 13.2 Å². The first-order valence-corrected chi connectivity index (χ1v) is 13.5. The Morgan fingerprint density at radius 1 is 1.05 bits per heavy atom. The van der Waals surface area contributed by atoms with Gasteiger partial charge in [0.15, 0.2) is 5.82 Å². The number of hydrogen-bond acceptors (Lipinski definition) is 7. The molecule has 0 saturated carbocycles. The molecule has 0 N–H and O–H groups in total. The fourth-order valence-electron chi connectivity index (χ4n) is 5.18. The van der Waals surface area contributed by atoms with E-state index in [2.05, 4.69) is 41.3 Å². The van der Waals surface area contributed by atoms with Crippen LogP contribution >= 0.6 is 12.6 Å². The number of piperazine rings is 1. The van der Waals surface area contributed by atoms with Crippen LogP contribution < -0.4 is 15.3 Å². The van der Waals surface area contributed by atoms with Crippen LogP contribution in [-0.4, -0.2) is 57.0 Å². The maximum Gasteiger partial charge on any atom is 0.416 e. The molecule has 1 aliphatic heterocycles. The fourth-order valence-corrected chi connectivity index (χ4v) is 5.27. The number of alkyl halides is 3. The predicted octanol–water partition coefficient (Wildman–Crippen LogP) is 5.10. The predicted molar refractivity (Wildman–Crippen MR) is 146 cm³/mol. The maximum atomic E-state index is 13.1. The van der Waals surface area contributed by atoms with Crippen molar-refractivity contribution in [3.63, 3.8) is 0 Å². The van der Waals surface area contributed by atoms with Crippen LogP contribution in [0.1, 0.15) is 50.8 Å². The Morgan fingerprint density at radius 3 is 2.34 bits per heavy atom. The second-order valence-corrected chi connectivity index (χ2v) is 10.1. The minimum atomic E-state index is -4.36. The summed E-state index contributed by atoms with van der Waals surface area (Å²) in [7, 11) is 1.67. The number of aromatic nitrogens is 3. The van der Waals surface area contributed by atoms with Crippen molar-refractivity contribution in [3.8, 4) is 5.88 Å². The minimum Gasteiger partial charge on any atom is -0.477 e. The molecule has 1 aromatic carbocycles. The summed E-state index contributed by atoms with van der Waals surface area (Å²) in [6, 6.07) is 9.05. The van der Waals surface area contributed by atoms with Crippen LogP contribution in [0.15, 0.2) is 41.2 Å². The number of halogens is 3. The highest BCUT2D eigenvalue weighted by Gasteiger charge is 2.37. The van der Waals surface area contributed by atoms with Crippen LogP contribution in [0.25, 0.3) is 11.0 Å². The van der Waals surface area contributed by atoms with Gasteiger partial charge in [-0.2, -0.15) is 30.8 Å². The van der Waals surface area contributed by atoms with Crippen LogP contribution in [0.2, 0.25) is 0 Å². The molecule has 0 amide bonds. The van der Waals surface area contributed by atoms with Gasteiger partial charge >= 0.3 is 11.9 Å². The van der Waals surface area contributed by atoms with E-state index in [-0.39, 0.29) is 23.8 Å². The van der Waals surface area contributed by atoms with E-state index < -0.39 is 11.7 Å². The highest BCUT2D eigenvalue weighted by atomic mass is 32.1. The van der Waals surface area contributed by atoms with Gasteiger partial charge in [-0.05, 0) is 43.5 Å². The first-order chi connectivity index (χ1) is 18.1. The average Bonchev–Trinajstić information content (AvgIpc) is 2.92. The summed E-state index contributed by atoms with van der Waals surface area (Å²) >= 11 is 4.20. The summed E-state index contributed by atoms with van der Waals surface area (Å²) < 4.78 is 46.4. The molecule has 0 bridgehead atoms. The SMILES string of the molecule is CCC1CN(C(C)c2ccc(C(F)(F)F)cc2)[C@H](CC)CN1c1nc(=O)n(C)c2ccc(OCCS)nc12. The zero-order chi connectivity index (χ0) is 27.6. The second kappa shape index (κ2) is 11.5. The number of nitrogens with zero attached hydrogens (tertiary/aromatic N) is 5. The van der Waals surface area contributed by atoms with Crippen molar-refractivity contribution >= 4 is 29.5 Å². The van der Waals surface area contributed by atoms with Crippen molar-refractivity contribution < 1.29 is 17.9 Å². The maximum absolute atomic E-state index is 13.1. The lowest BCUT2D eigenvalue weighted by molar-refractivity contribution is -0.137. The molecule has 7 nitrogen and oxygen atoms in total. The average molecular weight is 550 g/mol. The van der Waals surface area contributed by atoms with Crippen LogP contribution in [0.5, 0.6) is 5.88 Å². The third-order valence-electron chi connectivity index (χ3n) is 7.42. The Labute approximate surface area is 226 Å². The number of benzene rings is 1. The zero-order valence-electron chi connectivity index (χ0n) is 22.1. The largest absolute Gasteiger partial charge is 0.477 e. The summed E-state index contributed by atoms with van der Waals surface area (Å²) in [6.45, 7) is 7.91. The Hall–Kier alpha value is -2.79. The Balaban J connectivity index is 1.69. The molecule has 38 heavy (non-hydrogen) atoms. The lowest BCUT2D eigenvalue weighted by Gasteiger charge is -2.49. The van der Waals surface area contributed by atoms with Gasteiger partial charge in [-0.25, -0.2) is 9.78 Å². The smallest absolute Gasteiger partial charge is 0.416 e. The van der Waals surface area contributed by atoms with E-state index in [9.17, 15) is 18.0 Å². The minimum absolute atomic E-state index is 0.0290. The van der Waals surface area contributed by atoms with Crippen molar-refractivity contribution in [3.05, 3.63) is 58.0 Å². The van der Waals surface area contributed by atoms with E-state index in [4.69, 9.17) is 9.72 Å². The third kappa shape index (κ3) is 5.63. The van der Waals surface area contributed by atoms with Crippen molar-refractivity contribution in [2.75, 3.05) is 30.3 Å². The molecule has 0 aliphatic carbocycles. The molecule has 0 spiro atoms. The van der Waals surface area contributed by atoms with E-state index in [1.54, 1.807) is 25.2 Å². The van der Waals surface area contributed by atoms with E-state index in [1.165, 1.54) is 4.57 Å². The monoisotopic (exact) mass is 549 g/mol. The van der Waals surface area contributed by atoms with Gasteiger partial charge in [-0.1, -0.05) is 26.0 Å². The van der Waals surface area contributed by atoms with Gasteiger partial charge in [0.2, 0.25) is 5.88 Å². The first kappa shape index (κ1) is 28.2. The van der Waals surface area contributed by atoms with E-state index in [1.807, 2.05) is 13.0 Å². The van der Waals surface area contributed by atoms with Crippen molar-refractivity contribution in [2.45, 2.75) is 57.9 Å². The Kier molecular flexibility index (Phi) is 8.56. The molecule has 206 valence electrons. The topological polar surface area (TPSA) is 63.5 Å². The Morgan fingerprint density at radius 2 is 1.74 bits per heavy atom. The van der Waals surface area contributed by atoms with Gasteiger partial charge in [0.05, 0.1) is 17.7 Å². The summed E-state index contributed by atoms with van der Waals surface area (Å²) in [4.78, 5) is 26.5. The normalized spacial score (nSPS) is 19.6. The standard InChI is InChI=1S/C27H34F3N5O2S/c1-5-20-16-35(25-24-22(33(4)26(36)32-25)11-12-23(31-24)37-13-14-38)21(6-2)15-34(20)17(3)18-7-9-19(10-8-18)27(28,29)30/h7-12,17,20-21,38H,5-6,13-16H2,1-4H3/t17?,20-,21?/m1/s1. The lowest BCUT2D eigenvalue weighted by atomic mass is 9.96. The molecule has 3 atom stereocenters. The first-order valence-electron chi connectivity index (χ1n) is 12.9. The number of fused-ring (bicyclic) bond motifs is 1. The van der Waals surface area contributed by atoms with Crippen molar-refractivity contribution in [1.29, 1.82) is 0 Å². The summed E-state index contributed by atoms with van der Waals surface area (Å²) in [5.74, 6) is 1.53. The number of rotatable bonds is 8. The fraction of sp³-hybridized carbons (Fsp3) is 0.519. The quantitative estimate of drug-likeness (QED) is 0.395. The lowest BCUT2D eigenvalue weighted by Crippen LogP contribution is -2.59. The van der Waals surface area contributed by atoms with Crippen LogP contribution in [0.4, 0.5) is 19.0 Å². The van der Waals surface area contributed by atoms with E-state index in [0.29, 0.717) is 48.2 Å². The van der Waals surface area contributed by atoms with Crippen molar-refractivity contribution in [1.82, 2.24) is 19.4 Å². The number of thiol groups is 1. The zero-order valence-corrected chi connectivity index (χ0v) is 23.0.